The number of thiol groups is 1. The fraction of sp³-hybridized carbons (Fsp3) is 0.714. The highest BCUT2D eigenvalue weighted by atomic mass is 32.1. The van der Waals surface area contributed by atoms with Gasteiger partial charge in [0.2, 0.25) is 0 Å². The maximum atomic E-state index is 10.3. The lowest BCUT2D eigenvalue weighted by molar-refractivity contribution is -0.117. The number of nitriles is 1. The Bertz CT molecular complexity index is 126. The Balaban J connectivity index is 0. The molecule has 0 fully saturated rings. The third-order valence-electron chi connectivity index (χ3n) is 0.696. The number of rotatable bonds is 2. The minimum Gasteiger partial charge on any atom is -0.300 e. The summed E-state index contributed by atoms with van der Waals surface area (Å²) in [6, 6.07) is 0. The van der Waals surface area contributed by atoms with E-state index in [0.29, 0.717) is 5.92 Å². The normalized spacial score (nSPS) is 7.60. The third kappa shape index (κ3) is 25.8. The summed E-state index contributed by atoms with van der Waals surface area (Å²) >= 11 is 3.09. The molecule has 0 aromatic rings. The Hall–Kier alpha value is -0.490. The molecule has 0 unspecified atom stereocenters. The molecule has 0 amide bonds. The topological polar surface area (TPSA) is 40.9 Å². The highest BCUT2D eigenvalue weighted by molar-refractivity contribution is 7.85. The summed E-state index contributed by atoms with van der Waals surface area (Å²) in [6.07, 6.45) is 0.722. The van der Waals surface area contributed by atoms with E-state index in [4.69, 9.17) is 5.26 Å². The third-order valence-corrected chi connectivity index (χ3v) is 0.696. The molecule has 0 aliphatic heterocycles. The molecule has 0 aromatic heterocycles. The fourth-order valence-electron chi connectivity index (χ4n) is 0.575. The second kappa shape index (κ2) is 8.51. The van der Waals surface area contributed by atoms with Gasteiger partial charge in [0.15, 0.2) is 0 Å². The van der Waals surface area contributed by atoms with E-state index < -0.39 is 0 Å². The van der Waals surface area contributed by atoms with Crippen LogP contribution < -0.4 is 0 Å². The van der Waals surface area contributed by atoms with Crippen molar-refractivity contribution in [2.24, 2.45) is 5.92 Å². The molecule has 0 heterocycles. The van der Waals surface area contributed by atoms with Crippen LogP contribution in [0.1, 0.15) is 27.2 Å². The van der Waals surface area contributed by atoms with Crippen molar-refractivity contribution in [3.63, 3.8) is 0 Å². The molecule has 0 N–H and O–H groups in total. The van der Waals surface area contributed by atoms with Gasteiger partial charge in [0.05, 0.1) is 0 Å². The molecule has 10 heavy (non-hydrogen) atoms. The highest BCUT2D eigenvalue weighted by Crippen LogP contribution is 1.97. The van der Waals surface area contributed by atoms with Crippen molar-refractivity contribution < 1.29 is 4.79 Å². The number of hydrogen-bond donors (Lipinski definition) is 1. The second-order valence-corrected chi connectivity index (χ2v) is 2.60. The number of ketones is 1. The molecule has 2 nitrogen and oxygen atoms in total. The summed E-state index contributed by atoms with van der Waals surface area (Å²) in [5.41, 5.74) is 0. The molecule has 0 atom stereocenters. The van der Waals surface area contributed by atoms with Crippen molar-refractivity contribution in [3.05, 3.63) is 0 Å². The lowest BCUT2D eigenvalue weighted by Crippen LogP contribution is -1.95. The summed E-state index contributed by atoms with van der Waals surface area (Å²) in [4.78, 5) is 10.3. The van der Waals surface area contributed by atoms with Crippen molar-refractivity contribution in [3.8, 4) is 5.40 Å². The van der Waals surface area contributed by atoms with Crippen LogP contribution >= 0.6 is 12.6 Å². The largest absolute Gasteiger partial charge is 0.300 e. The number of carbonyl (C=O) groups excluding carboxylic acids is 1. The molecule has 0 aromatic carbocycles. The molecule has 0 radical (unpaired) electrons. The first-order chi connectivity index (χ1) is 4.54. The smallest absolute Gasteiger partial charge is 0.130 e. The van der Waals surface area contributed by atoms with Crippen LogP contribution in [0.4, 0.5) is 0 Å². The zero-order valence-corrected chi connectivity index (χ0v) is 7.48. The number of carbonyl (C=O) groups is 1. The lowest BCUT2D eigenvalue weighted by atomic mass is 10.1. The van der Waals surface area contributed by atoms with E-state index in [1.807, 2.05) is 13.8 Å². The summed E-state index contributed by atoms with van der Waals surface area (Å²) in [6.45, 7) is 5.71. The van der Waals surface area contributed by atoms with Crippen molar-refractivity contribution in [1.29, 1.82) is 5.26 Å². The van der Waals surface area contributed by atoms with Crippen LogP contribution in [-0.2, 0) is 4.79 Å². The Labute approximate surface area is 67.6 Å². The second-order valence-electron chi connectivity index (χ2n) is 2.40. The van der Waals surface area contributed by atoms with Gasteiger partial charge < -0.3 is 4.79 Å². The molecule has 3 heteroatoms. The Morgan fingerprint density at radius 3 is 2.00 bits per heavy atom. The number of Topliss-reactive ketones (excluding diaryl/α,β-unsaturated/α-hetero) is 1. The average Bonchev–Trinajstić information content (AvgIpc) is 1.62. The Morgan fingerprint density at radius 1 is 1.70 bits per heavy atom. The van der Waals surface area contributed by atoms with Gasteiger partial charge in [0.1, 0.15) is 11.2 Å². The molecule has 58 valence electrons. The first-order valence-corrected chi connectivity index (χ1v) is 3.52. The molecule has 0 saturated heterocycles. The maximum absolute atomic E-state index is 10.3. The van der Waals surface area contributed by atoms with Crippen LogP contribution in [0.2, 0.25) is 0 Å². The molecular formula is C7H13NOS. The fourth-order valence-corrected chi connectivity index (χ4v) is 0.575. The van der Waals surface area contributed by atoms with Crippen LogP contribution in [0.3, 0.4) is 0 Å². The van der Waals surface area contributed by atoms with E-state index in [1.54, 1.807) is 6.92 Å². The Morgan fingerprint density at radius 2 is 2.00 bits per heavy atom. The van der Waals surface area contributed by atoms with Gasteiger partial charge in [-0.2, -0.15) is 5.26 Å². The van der Waals surface area contributed by atoms with Crippen molar-refractivity contribution in [1.82, 2.24) is 0 Å². The molecule has 0 spiro atoms. The monoisotopic (exact) mass is 159 g/mol. The van der Waals surface area contributed by atoms with Crippen LogP contribution in [0.5, 0.6) is 0 Å². The van der Waals surface area contributed by atoms with E-state index in [2.05, 4.69) is 12.6 Å². The van der Waals surface area contributed by atoms with E-state index in [0.717, 1.165) is 6.42 Å². The highest BCUT2D eigenvalue weighted by Gasteiger charge is 1.95. The Kier molecular flexibility index (Phi) is 10.4. The summed E-state index contributed by atoms with van der Waals surface area (Å²) < 4.78 is 0. The molecule has 0 rings (SSSR count). The van der Waals surface area contributed by atoms with Gasteiger partial charge in [0.25, 0.3) is 0 Å². The lowest BCUT2D eigenvalue weighted by Gasteiger charge is -1.95. The number of thiocyanates is 1. The minimum absolute atomic E-state index is 0.287. The van der Waals surface area contributed by atoms with Gasteiger partial charge in [-0.15, -0.1) is 0 Å². The molecular weight excluding hydrogens is 146 g/mol. The van der Waals surface area contributed by atoms with Gasteiger partial charge in [-0.05, 0) is 12.8 Å². The standard InChI is InChI=1S/C6H12O.CHNS/c1-5(2)4-6(3)7;2-1-3/h5H,4H2,1-3H3;3H. The van der Waals surface area contributed by atoms with E-state index in [-0.39, 0.29) is 5.78 Å². The average molecular weight is 159 g/mol. The van der Waals surface area contributed by atoms with Gasteiger partial charge in [-0.1, -0.05) is 26.5 Å². The van der Waals surface area contributed by atoms with Gasteiger partial charge in [0, 0.05) is 6.42 Å². The summed E-state index contributed by atoms with van der Waals surface area (Å²) in [5, 5.41) is 8.63. The first kappa shape index (κ1) is 12.2. The first-order valence-electron chi connectivity index (χ1n) is 3.07. The zero-order valence-electron chi connectivity index (χ0n) is 6.59. The van der Waals surface area contributed by atoms with Gasteiger partial charge in [-0.25, -0.2) is 0 Å². The number of hydrogen-bond acceptors (Lipinski definition) is 3. The van der Waals surface area contributed by atoms with Gasteiger partial charge in [-0.3, -0.25) is 0 Å². The van der Waals surface area contributed by atoms with Crippen molar-refractivity contribution >= 4 is 18.4 Å². The zero-order chi connectivity index (χ0) is 8.57. The van der Waals surface area contributed by atoms with Crippen LogP contribution in [-0.4, -0.2) is 5.78 Å². The summed E-state index contributed by atoms with van der Waals surface area (Å²) in [5.74, 6) is 0.813. The predicted molar refractivity (Wildman–Crippen MR) is 44.7 cm³/mol. The molecule has 0 aliphatic carbocycles. The minimum atomic E-state index is 0.287. The number of nitrogens with zero attached hydrogens (tertiary/aromatic N) is 1. The van der Waals surface area contributed by atoms with Crippen LogP contribution in [0, 0.1) is 16.6 Å². The molecule has 0 bridgehead atoms. The van der Waals surface area contributed by atoms with Crippen molar-refractivity contribution in [2.45, 2.75) is 27.2 Å². The maximum Gasteiger partial charge on any atom is 0.130 e. The predicted octanol–water partition coefficient (Wildman–Crippen LogP) is 2.02. The van der Waals surface area contributed by atoms with Gasteiger partial charge >= 0.3 is 0 Å². The van der Waals surface area contributed by atoms with Crippen LogP contribution in [0.15, 0.2) is 0 Å². The van der Waals surface area contributed by atoms with E-state index >= 15 is 0 Å². The quantitative estimate of drug-likeness (QED) is 0.494. The van der Waals surface area contributed by atoms with Crippen LogP contribution in [0.25, 0.3) is 0 Å². The van der Waals surface area contributed by atoms with E-state index in [1.165, 1.54) is 5.40 Å². The molecule has 0 aliphatic rings. The van der Waals surface area contributed by atoms with Crippen molar-refractivity contribution in [2.75, 3.05) is 0 Å². The van der Waals surface area contributed by atoms with E-state index in [9.17, 15) is 4.79 Å². The SMILES string of the molecule is CC(=O)CC(C)C.N#CS. The summed E-state index contributed by atoms with van der Waals surface area (Å²) in [7, 11) is 0. The molecule has 0 saturated carbocycles.